The third kappa shape index (κ3) is 4.16. The second-order valence-corrected chi connectivity index (χ2v) is 5.40. The summed E-state index contributed by atoms with van der Waals surface area (Å²) >= 11 is 0. The van der Waals surface area contributed by atoms with E-state index >= 15 is 0 Å². The van der Waals surface area contributed by atoms with Crippen LogP contribution in [0.4, 0.5) is 5.69 Å². The molecule has 0 saturated carbocycles. The lowest BCUT2D eigenvalue weighted by Gasteiger charge is -2.18. The van der Waals surface area contributed by atoms with Crippen molar-refractivity contribution in [3.05, 3.63) is 40.3 Å². The molecule has 1 aromatic heterocycles. The van der Waals surface area contributed by atoms with E-state index in [2.05, 4.69) is 15.5 Å². The summed E-state index contributed by atoms with van der Waals surface area (Å²) in [6.07, 6.45) is 0.565. The molecule has 0 aliphatic carbocycles. The van der Waals surface area contributed by atoms with Crippen molar-refractivity contribution in [3.63, 3.8) is 0 Å². The fourth-order valence-corrected chi connectivity index (χ4v) is 2.05. The lowest BCUT2D eigenvalue weighted by atomic mass is 9.99. The molecule has 2 unspecified atom stereocenters. The average molecular weight is 348 g/mol. The van der Waals surface area contributed by atoms with E-state index in [0.29, 0.717) is 12.0 Å². The molecule has 0 aliphatic rings. The summed E-state index contributed by atoms with van der Waals surface area (Å²) < 4.78 is 4.85. The molecule has 1 aromatic carbocycles. The molecule has 0 fully saturated rings. The number of carboxylic acid groups (broad SMARTS) is 1. The van der Waals surface area contributed by atoms with Crippen LogP contribution in [0.3, 0.4) is 0 Å². The molecule has 10 nitrogen and oxygen atoms in total. The first-order chi connectivity index (χ1) is 11.8. The minimum absolute atomic E-state index is 0.0652. The predicted octanol–water partition coefficient (Wildman–Crippen LogP) is 1.87. The molecule has 25 heavy (non-hydrogen) atoms. The minimum Gasteiger partial charge on any atom is -0.480 e. The van der Waals surface area contributed by atoms with Crippen LogP contribution in [0.5, 0.6) is 0 Å². The maximum absolute atomic E-state index is 12.1. The van der Waals surface area contributed by atoms with Gasteiger partial charge in [-0.25, -0.2) is 4.79 Å². The topological polar surface area (TPSA) is 148 Å². The number of aromatic nitrogens is 2. The zero-order valence-corrected chi connectivity index (χ0v) is 13.5. The fourth-order valence-electron chi connectivity index (χ4n) is 2.05. The number of nitro benzene ring substituents is 1. The molecule has 132 valence electrons. The van der Waals surface area contributed by atoms with E-state index < -0.39 is 22.8 Å². The van der Waals surface area contributed by atoms with Gasteiger partial charge >= 0.3 is 17.8 Å². The van der Waals surface area contributed by atoms with Crippen molar-refractivity contribution >= 4 is 17.6 Å². The van der Waals surface area contributed by atoms with E-state index in [4.69, 9.17) is 4.52 Å². The van der Waals surface area contributed by atoms with Crippen LogP contribution < -0.4 is 5.32 Å². The summed E-state index contributed by atoms with van der Waals surface area (Å²) in [5, 5.41) is 25.8. The van der Waals surface area contributed by atoms with Gasteiger partial charge in [0.15, 0.2) is 0 Å². The summed E-state index contributed by atoms with van der Waals surface area (Å²) in [6.45, 7) is 3.52. The van der Waals surface area contributed by atoms with Crippen LogP contribution in [0.15, 0.2) is 28.8 Å². The van der Waals surface area contributed by atoms with Crippen molar-refractivity contribution in [2.24, 2.45) is 5.92 Å². The number of hydrogen-bond donors (Lipinski definition) is 2. The number of nitro groups is 1. The van der Waals surface area contributed by atoms with E-state index in [1.807, 2.05) is 6.92 Å². The Bertz CT molecular complexity index is 786. The molecule has 2 aromatic rings. The zero-order chi connectivity index (χ0) is 18.6. The lowest BCUT2D eigenvalue weighted by molar-refractivity contribution is -0.384. The maximum atomic E-state index is 12.1. The van der Waals surface area contributed by atoms with Gasteiger partial charge < -0.3 is 14.9 Å². The van der Waals surface area contributed by atoms with Crippen LogP contribution >= 0.6 is 0 Å². The van der Waals surface area contributed by atoms with Crippen LogP contribution in [0.1, 0.15) is 31.0 Å². The molecule has 10 heteroatoms. The molecule has 0 bridgehead atoms. The number of non-ortho nitro benzene ring substituents is 1. The van der Waals surface area contributed by atoms with E-state index in [0.717, 1.165) is 0 Å². The van der Waals surface area contributed by atoms with Crippen LogP contribution in [-0.4, -0.2) is 38.1 Å². The van der Waals surface area contributed by atoms with E-state index in [1.54, 1.807) is 6.92 Å². The molecule has 2 atom stereocenters. The van der Waals surface area contributed by atoms with Gasteiger partial charge in [0.05, 0.1) is 4.92 Å². The molecule has 2 rings (SSSR count). The van der Waals surface area contributed by atoms with E-state index in [1.165, 1.54) is 24.3 Å². The fraction of sp³-hybridized carbons (Fsp3) is 0.333. The molecule has 0 saturated heterocycles. The Kier molecular flexibility index (Phi) is 5.42. The largest absolute Gasteiger partial charge is 0.480 e. The van der Waals surface area contributed by atoms with E-state index in [9.17, 15) is 24.8 Å². The van der Waals surface area contributed by atoms with Crippen molar-refractivity contribution < 1.29 is 24.1 Å². The summed E-state index contributed by atoms with van der Waals surface area (Å²) in [5.41, 5.74) is 0.327. The third-order valence-electron chi connectivity index (χ3n) is 3.72. The minimum atomic E-state index is -1.15. The normalized spacial score (nSPS) is 13.0. The molecule has 0 radical (unpaired) electrons. The Morgan fingerprint density at radius 2 is 2.00 bits per heavy atom. The van der Waals surface area contributed by atoms with E-state index in [-0.39, 0.29) is 23.3 Å². The summed E-state index contributed by atoms with van der Waals surface area (Å²) in [4.78, 5) is 37.3. The Morgan fingerprint density at radius 1 is 1.36 bits per heavy atom. The summed E-state index contributed by atoms with van der Waals surface area (Å²) in [5.74, 6) is -2.55. The Balaban J connectivity index is 2.15. The van der Waals surface area contributed by atoms with Gasteiger partial charge in [0, 0.05) is 17.7 Å². The summed E-state index contributed by atoms with van der Waals surface area (Å²) in [6, 6.07) is 4.31. The number of nitrogens with one attached hydrogen (secondary N) is 1. The first kappa shape index (κ1) is 18.0. The lowest BCUT2D eigenvalue weighted by Crippen LogP contribution is -2.45. The van der Waals surface area contributed by atoms with Crippen LogP contribution in [0.25, 0.3) is 11.4 Å². The zero-order valence-electron chi connectivity index (χ0n) is 13.5. The Morgan fingerprint density at radius 3 is 2.52 bits per heavy atom. The average Bonchev–Trinajstić information content (AvgIpc) is 3.08. The highest BCUT2D eigenvalue weighted by Gasteiger charge is 2.28. The van der Waals surface area contributed by atoms with Crippen molar-refractivity contribution in [2.75, 3.05) is 0 Å². The predicted molar refractivity (Wildman–Crippen MR) is 84.7 cm³/mol. The van der Waals surface area contributed by atoms with Crippen molar-refractivity contribution in [2.45, 2.75) is 26.3 Å². The number of carboxylic acids is 1. The Hall–Kier alpha value is -3.30. The molecule has 1 heterocycles. The molecule has 0 spiro atoms. The van der Waals surface area contributed by atoms with Gasteiger partial charge in [0.25, 0.3) is 5.69 Å². The molecule has 2 N–H and O–H groups in total. The van der Waals surface area contributed by atoms with Crippen LogP contribution in [0.2, 0.25) is 0 Å². The van der Waals surface area contributed by atoms with Gasteiger partial charge in [-0.05, 0) is 18.1 Å². The molecule has 1 amide bonds. The Labute approximate surface area is 142 Å². The highest BCUT2D eigenvalue weighted by atomic mass is 16.6. The number of carbonyl (C=O) groups is 2. The van der Waals surface area contributed by atoms with Gasteiger partial charge in [0.1, 0.15) is 6.04 Å². The maximum Gasteiger partial charge on any atom is 0.326 e. The number of hydrogen-bond acceptors (Lipinski definition) is 7. The number of carbonyl (C=O) groups excluding carboxylic acids is 1. The number of nitrogens with zero attached hydrogens (tertiary/aromatic N) is 3. The highest BCUT2D eigenvalue weighted by molar-refractivity contribution is 5.93. The molecular formula is C15H16N4O6. The first-order valence-electron chi connectivity index (χ1n) is 7.45. The van der Waals surface area contributed by atoms with Gasteiger partial charge in [0.2, 0.25) is 5.82 Å². The number of rotatable bonds is 7. The smallest absolute Gasteiger partial charge is 0.326 e. The number of aliphatic carboxylic acids is 1. The third-order valence-corrected chi connectivity index (χ3v) is 3.72. The van der Waals surface area contributed by atoms with Crippen LogP contribution in [0, 0.1) is 16.0 Å². The summed E-state index contributed by atoms with van der Waals surface area (Å²) in [7, 11) is 0. The molecule has 0 aliphatic heterocycles. The van der Waals surface area contributed by atoms with Crippen LogP contribution in [-0.2, 0) is 4.79 Å². The second kappa shape index (κ2) is 7.51. The van der Waals surface area contributed by atoms with Gasteiger partial charge in [-0.3, -0.25) is 14.9 Å². The van der Waals surface area contributed by atoms with Gasteiger partial charge in [-0.2, -0.15) is 4.98 Å². The number of benzene rings is 1. The first-order valence-corrected chi connectivity index (χ1v) is 7.45. The SMILES string of the molecule is CCC(C)C(NC(=O)c1nc(-c2ccc([N+](=O)[O-])cc2)no1)C(=O)O. The monoisotopic (exact) mass is 348 g/mol. The molecular weight excluding hydrogens is 332 g/mol. The van der Waals surface area contributed by atoms with Crippen molar-refractivity contribution in [1.82, 2.24) is 15.5 Å². The van der Waals surface area contributed by atoms with Gasteiger partial charge in [-0.1, -0.05) is 25.4 Å². The van der Waals surface area contributed by atoms with Gasteiger partial charge in [-0.15, -0.1) is 0 Å². The highest BCUT2D eigenvalue weighted by Crippen LogP contribution is 2.20. The quantitative estimate of drug-likeness (QED) is 0.569. The van der Waals surface area contributed by atoms with Crippen molar-refractivity contribution in [3.8, 4) is 11.4 Å². The number of amides is 1. The standard InChI is InChI=1S/C15H16N4O6/c1-3-8(2)11(15(21)22)16-13(20)14-17-12(18-25-14)9-4-6-10(7-5-9)19(23)24/h4-8,11H,3H2,1-2H3,(H,16,20)(H,21,22). The van der Waals surface area contributed by atoms with Crippen molar-refractivity contribution in [1.29, 1.82) is 0 Å². The second-order valence-electron chi connectivity index (χ2n) is 5.40.